The fraction of sp³-hybridized carbons (Fsp3) is 0.278. The molecule has 0 radical (unpaired) electrons. The minimum atomic E-state index is -0.449. The first-order valence-corrected chi connectivity index (χ1v) is 7.24. The first-order chi connectivity index (χ1) is 10.5. The molecule has 0 atom stereocenters. The zero-order chi connectivity index (χ0) is 16.1. The number of carbonyl (C=O) groups is 1. The molecule has 0 heterocycles. The minimum Gasteiger partial charge on any atom is -0.484 e. The van der Waals surface area contributed by atoms with Gasteiger partial charge in [-0.05, 0) is 48.2 Å². The molecule has 2 aromatic carbocycles. The second-order valence-corrected chi connectivity index (χ2v) is 5.54. The molecule has 22 heavy (non-hydrogen) atoms. The summed E-state index contributed by atoms with van der Waals surface area (Å²) in [5, 5.41) is 2.50. The van der Waals surface area contributed by atoms with Crippen LogP contribution >= 0.6 is 0 Å². The van der Waals surface area contributed by atoms with E-state index in [1.54, 1.807) is 19.1 Å². The fourth-order valence-corrected chi connectivity index (χ4v) is 2.01. The van der Waals surface area contributed by atoms with E-state index < -0.39 is 11.7 Å². The lowest BCUT2D eigenvalue weighted by atomic mass is 10.0. The Labute approximate surface area is 130 Å². The number of aryl methyl sites for hydroxylation is 1. The Morgan fingerprint density at radius 1 is 1.18 bits per heavy atom. The van der Waals surface area contributed by atoms with Gasteiger partial charge in [-0.3, -0.25) is 4.79 Å². The Morgan fingerprint density at radius 2 is 1.86 bits per heavy atom. The van der Waals surface area contributed by atoms with Crippen molar-refractivity contribution in [2.45, 2.75) is 26.7 Å². The van der Waals surface area contributed by atoms with E-state index in [4.69, 9.17) is 4.74 Å². The molecule has 0 aliphatic rings. The van der Waals surface area contributed by atoms with Crippen molar-refractivity contribution in [3.63, 3.8) is 0 Å². The Kier molecular flexibility index (Phi) is 5.15. The van der Waals surface area contributed by atoms with Crippen molar-refractivity contribution in [1.82, 2.24) is 0 Å². The van der Waals surface area contributed by atoms with Crippen LogP contribution in [0.3, 0.4) is 0 Å². The number of hydrogen-bond donors (Lipinski definition) is 1. The summed E-state index contributed by atoms with van der Waals surface area (Å²) in [4.78, 5) is 11.8. The molecule has 2 rings (SSSR count). The van der Waals surface area contributed by atoms with Crippen LogP contribution in [0.1, 0.15) is 30.9 Å². The van der Waals surface area contributed by atoms with Gasteiger partial charge in [0.25, 0.3) is 5.91 Å². The van der Waals surface area contributed by atoms with Crippen molar-refractivity contribution in [2.24, 2.45) is 0 Å². The van der Waals surface area contributed by atoms with E-state index in [0.717, 1.165) is 5.56 Å². The summed E-state index contributed by atoms with van der Waals surface area (Å²) in [5.74, 6) is 0.219. The quantitative estimate of drug-likeness (QED) is 0.895. The number of carbonyl (C=O) groups excluding carboxylic acids is 1. The molecule has 4 heteroatoms. The number of nitrogens with one attached hydrogen (secondary N) is 1. The number of amides is 1. The standard InChI is InChI=1S/C18H20FNO2/c1-12(2)14-5-7-15(8-6-14)22-11-18(21)20-17-9-4-13(3)10-16(17)19/h4-10,12H,11H2,1-3H3,(H,20,21). The van der Waals surface area contributed by atoms with Gasteiger partial charge in [0, 0.05) is 0 Å². The van der Waals surface area contributed by atoms with Crippen LogP contribution in [0.2, 0.25) is 0 Å². The van der Waals surface area contributed by atoms with Crippen LogP contribution < -0.4 is 10.1 Å². The molecule has 1 amide bonds. The normalized spacial score (nSPS) is 10.6. The van der Waals surface area contributed by atoms with Crippen molar-refractivity contribution in [3.05, 3.63) is 59.4 Å². The second-order valence-electron chi connectivity index (χ2n) is 5.54. The highest BCUT2D eigenvalue weighted by Crippen LogP contribution is 2.19. The third kappa shape index (κ3) is 4.32. The Balaban J connectivity index is 1.89. The molecule has 116 valence electrons. The largest absolute Gasteiger partial charge is 0.484 e. The highest BCUT2D eigenvalue weighted by molar-refractivity contribution is 5.92. The average molecular weight is 301 g/mol. The van der Waals surface area contributed by atoms with Gasteiger partial charge in [-0.1, -0.05) is 32.0 Å². The lowest BCUT2D eigenvalue weighted by Crippen LogP contribution is -2.20. The summed E-state index contributed by atoms with van der Waals surface area (Å²) in [6.45, 7) is 5.85. The molecule has 1 N–H and O–H groups in total. The molecular formula is C18H20FNO2. The zero-order valence-corrected chi connectivity index (χ0v) is 13.0. The lowest BCUT2D eigenvalue weighted by Gasteiger charge is -2.10. The van der Waals surface area contributed by atoms with Gasteiger partial charge in [0.15, 0.2) is 6.61 Å². The molecule has 0 spiro atoms. The van der Waals surface area contributed by atoms with Crippen LogP contribution in [0.15, 0.2) is 42.5 Å². The third-order valence-corrected chi connectivity index (χ3v) is 3.32. The Morgan fingerprint density at radius 3 is 2.45 bits per heavy atom. The van der Waals surface area contributed by atoms with Gasteiger partial charge in [0.2, 0.25) is 0 Å². The predicted octanol–water partition coefficient (Wildman–Crippen LogP) is 4.28. The summed E-state index contributed by atoms with van der Waals surface area (Å²) in [7, 11) is 0. The molecule has 0 saturated carbocycles. The summed E-state index contributed by atoms with van der Waals surface area (Å²) in [6, 6.07) is 12.3. The van der Waals surface area contributed by atoms with Crippen molar-refractivity contribution < 1.29 is 13.9 Å². The summed E-state index contributed by atoms with van der Waals surface area (Å²) < 4.78 is 19.0. The highest BCUT2D eigenvalue weighted by Gasteiger charge is 2.08. The number of anilines is 1. The van der Waals surface area contributed by atoms with E-state index in [1.165, 1.54) is 11.6 Å². The maximum Gasteiger partial charge on any atom is 0.262 e. The SMILES string of the molecule is Cc1ccc(NC(=O)COc2ccc(C(C)C)cc2)c(F)c1. The van der Waals surface area contributed by atoms with Gasteiger partial charge < -0.3 is 10.1 Å². The van der Waals surface area contributed by atoms with E-state index in [0.29, 0.717) is 11.7 Å². The summed E-state index contributed by atoms with van der Waals surface area (Å²) >= 11 is 0. The smallest absolute Gasteiger partial charge is 0.262 e. The zero-order valence-electron chi connectivity index (χ0n) is 13.0. The van der Waals surface area contributed by atoms with E-state index in [2.05, 4.69) is 19.2 Å². The number of rotatable bonds is 5. The van der Waals surface area contributed by atoms with Gasteiger partial charge in [0.05, 0.1) is 5.69 Å². The Bertz CT molecular complexity index is 651. The van der Waals surface area contributed by atoms with Gasteiger partial charge in [-0.15, -0.1) is 0 Å². The molecule has 3 nitrogen and oxygen atoms in total. The van der Waals surface area contributed by atoms with E-state index in [-0.39, 0.29) is 12.3 Å². The van der Waals surface area contributed by atoms with Crippen molar-refractivity contribution >= 4 is 11.6 Å². The molecule has 2 aromatic rings. The lowest BCUT2D eigenvalue weighted by molar-refractivity contribution is -0.118. The molecule has 0 bridgehead atoms. The molecule has 0 unspecified atom stereocenters. The molecule has 0 saturated heterocycles. The van der Waals surface area contributed by atoms with Crippen molar-refractivity contribution in [2.75, 3.05) is 11.9 Å². The molecule has 0 fully saturated rings. The third-order valence-electron chi connectivity index (χ3n) is 3.32. The van der Waals surface area contributed by atoms with Gasteiger partial charge >= 0.3 is 0 Å². The van der Waals surface area contributed by atoms with Gasteiger partial charge in [-0.2, -0.15) is 0 Å². The van der Waals surface area contributed by atoms with Crippen molar-refractivity contribution in [1.29, 1.82) is 0 Å². The van der Waals surface area contributed by atoms with Crippen LogP contribution in [-0.2, 0) is 4.79 Å². The molecule has 0 aliphatic carbocycles. The number of halogens is 1. The number of ether oxygens (including phenoxy) is 1. The molecule has 0 aliphatic heterocycles. The van der Waals surface area contributed by atoms with Crippen LogP contribution in [0.25, 0.3) is 0 Å². The summed E-state index contributed by atoms with van der Waals surface area (Å²) in [5.41, 5.74) is 2.17. The minimum absolute atomic E-state index is 0.158. The van der Waals surface area contributed by atoms with Crippen LogP contribution in [0, 0.1) is 12.7 Å². The monoisotopic (exact) mass is 301 g/mol. The topological polar surface area (TPSA) is 38.3 Å². The fourth-order valence-electron chi connectivity index (χ4n) is 2.01. The summed E-state index contributed by atoms with van der Waals surface area (Å²) in [6.07, 6.45) is 0. The maximum atomic E-state index is 13.6. The van der Waals surface area contributed by atoms with E-state index >= 15 is 0 Å². The predicted molar refractivity (Wildman–Crippen MR) is 85.8 cm³/mol. The van der Waals surface area contributed by atoms with Crippen molar-refractivity contribution in [3.8, 4) is 5.75 Å². The highest BCUT2D eigenvalue weighted by atomic mass is 19.1. The van der Waals surface area contributed by atoms with E-state index in [9.17, 15) is 9.18 Å². The van der Waals surface area contributed by atoms with Crippen LogP contribution in [0.4, 0.5) is 10.1 Å². The van der Waals surface area contributed by atoms with Crippen LogP contribution in [-0.4, -0.2) is 12.5 Å². The second kappa shape index (κ2) is 7.07. The van der Waals surface area contributed by atoms with Crippen LogP contribution in [0.5, 0.6) is 5.75 Å². The molecular weight excluding hydrogens is 281 g/mol. The Hall–Kier alpha value is -2.36. The first kappa shape index (κ1) is 16.0. The molecule has 0 aromatic heterocycles. The average Bonchev–Trinajstić information content (AvgIpc) is 2.48. The maximum absolute atomic E-state index is 13.6. The first-order valence-electron chi connectivity index (χ1n) is 7.24. The number of benzene rings is 2. The van der Waals surface area contributed by atoms with Gasteiger partial charge in [0.1, 0.15) is 11.6 Å². The van der Waals surface area contributed by atoms with Gasteiger partial charge in [-0.25, -0.2) is 4.39 Å². The number of hydrogen-bond acceptors (Lipinski definition) is 2. The van der Waals surface area contributed by atoms with E-state index in [1.807, 2.05) is 24.3 Å².